The number of fused-ring (bicyclic) bond motifs is 1. The summed E-state index contributed by atoms with van der Waals surface area (Å²) in [6, 6.07) is 2.27. The van der Waals surface area contributed by atoms with E-state index in [4.69, 9.17) is 0 Å². The number of aliphatic imine (C=N–C) groups is 1. The zero-order valence-electron chi connectivity index (χ0n) is 18.6. The first-order valence-electron chi connectivity index (χ1n) is 10.6. The lowest BCUT2D eigenvalue weighted by Gasteiger charge is -2.26. The molecule has 3 N–H and O–H groups in total. The third-order valence-electron chi connectivity index (χ3n) is 5.40. The third-order valence-corrected chi connectivity index (χ3v) is 5.40. The largest absolute Gasteiger partial charge is 0.393 e. The summed E-state index contributed by atoms with van der Waals surface area (Å²) in [6.07, 6.45) is 12.4. The molecule has 0 unspecified atom stereocenters. The van der Waals surface area contributed by atoms with Crippen LogP contribution in [-0.4, -0.2) is 45.1 Å². The molecule has 0 amide bonds. The Kier molecular flexibility index (Phi) is 7.41. The van der Waals surface area contributed by atoms with Gasteiger partial charge in [-0.1, -0.05) is 30.9 Å². The summed E-state index contributed by atoms with van der Waals surface area (Å²) < 4.78 is 1.82. The van der Waals surface area contributed by atoms with Crippen LogP contribution in [0, 0.1) is 0 Å². The van der Waals surface area contributed by atoms with Gasteiger partial charge in [-0.15, -0.1) is 5.10 Å². The first-order valence-corrected chi connectivity index (χ1v) is 10.6. The van der Waals surface area contributed by atoms with Crippen molar-refractivity contribution in [2.45, 2.75) is 51.7 Å². The van der Waals surface area contributed by atoms with Crippen molar-refractivity contribution in [3.63, 3.8) is 0 Å². The molecule has 1 aliphatic carbocycles. The monoisotopic (exact) mass is 420 g/mol. The van der Waals surface area contributed by atoms with Gasteiger partial charge in [-0.05, 0) is 57.2 Å². The second-order valence-electron chi connectivity index (χ2n) is 7.96. The van der Waals surface area contributed by atoms with Crippen molar-refractivity contribution in [3.05, 3.63) is 60.5 Å². The number of nitrogens with one attached hydrogen (secondary N) is 2. The summed E-state index contributed by atoms with van der Waals surface area (Å²) in [4.78, 5) is 9.09. The molecule has 3 rings (SSSR count). The fraction of sp³-hybridized carbons (Fsp3) is 0.375. The number of aromatic nitrogens is 3. The Morgan fingerprint density at radius 1 is 1.26 bits per heavy atom. The van der Waals surface area contributed by atoms with Crippen molar-refractivity contribution < 1.29 is 5.11 Å². The minimum atomic E-state index is -0.185. The minimum Gasteiger partial charge on any atom is -0.393 e. The highest BCUT2D eigenvalue weighted by Gasteiger charge is 2.21. The van der Waals surface area contributed by atoms with E-state index in [1.165, 1.54) is 0 Å². The van der Waals surface area contributed by atoms with Crippen LogP contribution in [0.4, 0.5) is 11.8 Å². The number of aliphatic hydroxyl groups is 1. The van der Waals surface area contributed by atoms with Crippen LogP contribution in [0.2, 0.25) is 0 Å². The van der Waals surface area contributed by atoms with Crippen molar-refractivity contribution in [3.8, 4) is 0 Å². The summed E-state index contributed by atoms with van der Waals surface area (Å²) in [5.41, 5.74) is 4.65. The van der Waals surface area contributed by atoms with E-state index in [0.29, 0.717) is 5.95 Å². The van der Waals surface area contributed by atoms with E-state index in [2.05, 4.69) is 38.9 Å². The first kappa shape index (κ1) is 22.5. The molecule has 164 valence electrons. The summed E-state index contributed by atoms with van der Waals surface area (Å²) in [5.74, 6) is 1.31. The van der Waals surface area contributed by atoms with Crippen LogP contribution in [0.3, 0.4) is 0 Å². The third kappa shape index (κ3) is 5.49. The summed E-state index contributed by atoms with van der Waals surface area (Å²) in [6.45, 7) is 12.0. The molecule has 7 heteroatoms. The molecule has 2 heterocycles. The lowest BCUT2D eigenvalue weighted by Crippen LogP contribution is -2.29. The van der Waals surface area contributed by atoms with E-state index in [1.54, 1.807) is 12.3 Å². The van der Waals surface area contributed by atoms with Crippen molar-refractivity contribution in [1.82, 2.24) is 14.6 Å². The Morgan fingerprint density at radius 3 is 2.65 bits per heavy atom. The molecular weight excluding hydrogens is 388 g/mol. The van der Waals surface area contributed by atoms with E-state index in [9.17, 15) is 5.11 Å². The Morgan fingerprint density at radius 2 is 2.00 bits per heavy atom. The molecule has 2 aromatic rings. The molecule has 2 aromatic heterocycles. The molecule has 7 nitrogen and oxygen atoms in total. The number of anilines is 2. The highest BCUT2D eigenvalue weighted by atomic mass is 16.3. The number of hydrogen-bond donors (Lipinski definition) is 3. The SMILES string of the molecule is C=CC=NC(/C=C\C(=C)c1ccn2nc(NC3CCC(O)CC3)nc(NC)c12)=C(C)C. The van der Waals surface area contributed by atoms with E-state index in [-0.39, 0.29) is 12.1 Å². The molecule has 0 aliphatic heterocycles. The Balaban J connectivity index is 1.86. The molecule has 1 saturated carbocycles. The summed E-state index contributed by atoms with van der Waals surface area (Å²) >= 11 is 0. The molecule has 0 saturated heterocycles. The van der Waals surface area contributed by atoms with Crippen molar-refractivity contribution in [1.29, 1.82) is 0 Å². The second kappa shape index (κ2) is 10.2. The quantitative estimate of drug-likeness (QED) is 0.429. The highest BCUT2D eigenvalue weighted by Crippen LogP contribution is 2.28. The van der Waals surface area contributed by atoms with E-state index < -0.39 is 0 Å². The molecule has 1 aliphatic rings. The van der Waals surface area contributed by atoms with Crippen molar-refractivity contribution >= 4 is 29.1 Å². The van der Waals surface area contributed by atoms with Crippen LogP contribution in [0.25, 0.3) is 11.1 Å². The van der Waals surface area contributed by atoms with Crippen LogP contribution in [0.5, 0.6) is 0 Å². The maximum Gasteiger partial charge on any atom is 0.243 e. The van der Waals surface area contributed by atoms with E-state index in [1.807, 2.05) is 49.8 Å². The molecule has 1 fully saturated rings. The van der Waals surface area contributed by atoms with Gasteiger partial charge in [0.25, 0.3) is 0 Å². The highest BCUT2D eigenvalue weighted by molar-refractivity contribution is 5.89. The van der Waals surface area contributed by atoms with Crippen LogP contribution >= 0.6 is 0 Å². The van der Waals surface area contributed by atoms with Crippen molar-refractivity contribution in [2.24, 2.45) is 4.99 Å². The molecule has 31 heavy (non-hydrogen) atoms. The van der Waals surface area contributed by atoms with Gasteiger partial charge in [-0.2, -0.15) is 4.98 Å². The molecule has 0 radical (unpaired) electrons. The Hall–Kier alpha value is -3.19. The van der Waals surface area contributed by atoms with Gasteiger partial charge >= 0.3 is 0 Å². The summed E-state index contributed by atoms with van der Waals surface area (Å²) in [5, 5.41) is 21.0. The molecule has 0 aromatic carbocycles. The lowest BCUT2D eigenvalue weighted by atomic mass is 9.93. The van der Waals surface area contributed by atoms with Gasteiger partial charge in [-0.3, -0.25) is 4.99 Å². The molecule has 0 atom stereocenters. The number of rotatable bonds is 8. The van der Waals surface area contributed by atoms with Crippen molar-refractivity contribution in [2.75, 3.05) is 17.7 Å². The maximum atomic E-state index is 9.72. The molecule has 0 spiro atoms. The van der Waals surface area contributed by atoms with Crippen LogP contribution in [0.1, 0.15) is 45.1 Å². The Labute approximate surface area is 184 Å². The maximum absolute atomic E-state index is 9.72. The van der Waals surface area contributed by atoms with Gasteiger partial charge in [0, 0.05) is 31.1 Å². The van der Waals surface area contributed by atoms with Crippen LogP contribution in [-0.2, 0) is 0 Å². The predicted molar refractivity (Wildman–Crippen MR) is 130 cm³/mol. The second-order valence-corrected chi connectivity index (χ2v) is 7.96. The topological polar surface area (TPSA) is 86.8 Å². The van der Waals surface area contributed by atoms with Gasteiger partial charge in [0.15, 0.2) is 5.82 Å². The first-order chi connectivity index (χ1) is 14.9. The van der Waals surface area contributed by atoms with Gasteiger partial charge in [-0.25, -0.2) is 4.52 Å². The normalized spacial score (nSPS) is 19.1. The smallest absolute Gasteiger partial charge is 0.243 e. The van der Waals surface area contributed by atoms with Crippen LogP contribution in [0.15, 0.2) is 59.9 Å². The molecular formula is C24H32N6O. The predicted octanol–water partition coefficient (Wildman–Crippen LogP) is 4.61. The molecule has 0 bridgehead atoms. The number of hydrogen-bond acceptors (Lipinski definition) is 6. The fourth-order valence-corrected chi connectivity index (χ4v) is 3.66. The lowest BCUT2D eigenvalue weighted by molar-refractivity contribution is 0.126. The zero-order chi connectivity index (χ0) is 22.4. The van der Waals surface area contributed by atoms with Gasteiger partial charge in [0.2, 0.25) is 5.95 Å². The zero-order valence-corrected chi connectivity index (χ0v) is 18.6. The van der Waals surface area contributed by atoms with Gasteiger partial charge < -0.3 is 15.7 Å². The minimum absolute atomic E-state index is 0.185. The Bertz CT molecular complexity index is 1030. The van der Waals surface area contributed by atoms with Gasteiger partial charge in [0.05, 0.1) is 11.8 Å². The average molecular weight is 421 g/mol. The van der Waals surface area contributed by atoms with Gasteiger partial charge in [0.1, 0.15) is 5.52 Å². The van der Waals surface area contributed by atoms with Crippen LogP contribution < -0.4 is 10.6 Å². The number of allylic oxidation sites excluding steroid dienone is 5. The number of aliphatic hydroxyl groups excluding tert-OH is 1. The summed E-state index contributed by atoms with van der Waals surface area (Å²) in [7, 11) is 1.85. The standard InChI is InChI=1S/C24H32N6O/c1-6-14-26-21(16(2)3)12-7-17(4)20-13-15-30-22(20)23(25-5)28-24(29-30)27-18-8-10-19(31)11-9-18/h6-7,12-15,18-19,31H,1,4,8-11H2,2-3,5H3,(H2,25,27,28,29)/b12-7-,26-14?. The average Bonchev–Trinajstić information content (AvgIpc) is 3.18. The van der Waals surface area contributed by atoms with E-state index >= 15 is 0 Å². The fourth-order valence-electron chi connectivity index (χ4n) is 3.66. The number of nitrogens with zero attached hydrogens (tertiary/aromatic N) is 4. The van der Waals surface area contributed by atoms with E-state index in [0.717, 1.165) is 59.4 Å².